The first-order chi connectivity index (χ1) is 13.1. The molecule has 0 unspecified atom stereocenters. The SMILES string of the molecule is CCN(CC)C(=S)SSCCCCOCCCCSSC(=S)N(CC)CC. The first-order valence-electron chi connectivity index (χ1n) is 9.85. The van der Waals surface area contributed by atoms with E-state index in [2.05, 4.69) is 37.5 Å². The van der Waals surface area contributed by atoms with Gasteiger partial charge in [-0.3, -0.25) is 0 Å². The molecule has 0 aromatic carbocycles. The van der Waals surface area contributed by atoms with E-state index in [0.29, 0.717) is 0 Å². The van der Waals surface area contributed by atoms with Gasteiger partial charge in [0.1, 0.15) is 8.64 Å². The van der Waals surface area contributed by atoms with Gasteiger partial charge in [-0.2, -0.15) is 0 Å². The quantitative estimate of drug-likeness (QED) is 0.135. The Morgan fingerprint density at radius 2 is 1.04 bits per heavy atom. The molecule has 0 spiro atoms. The van der Waals surface area contributed by atoms with E-state index in [1.807, 2.05) is 21.6 Å². The number of nitrogens with zero attached hydrogens (tertiary/aromatic N) is 2. The van der Waals surface area contributed by atoms with E-state index in [-0.39, 0.29) is 0 Å². The summed E-state index contributed by atoms with van der Waals surface area (Å²) in [6, 6.07) is 0. The van der Waals surface area contributed by atoms with Crippen LogP contribution in [-0.2, 0) is 4.74 Å². The van der Waals surface area contributed by atoms with Crippen molar-refractivity contribution in [2.24, 2.45) is 0 Å². The van der Waals surface area contributed by atoms with Crippen molar-refractivity contribution in [1.82, 2.24) is 9.80 Å². The molecule has 3 nitrogen and oxygen atoms in total. The fourth-order valence-corrected chi connectivity index (χ4v) is 7.65. The molecule has 0 aliphatic carbocycles. The summed E-state index contributed by atoms with van der Waals surface area (Å²) >= 11 is 10.8. The third kappa shape index (κ3) is 15.6. The molecule has 0 aliphatic rings. The lowest BCUT2D eigenvalue weighted by molar-refractivity contribution is 0.129. The number of rotatable bonds is 16. The van der Waals surface area contributed by atoms with Gasteiger partial charge in [0, 0.05) is 50.9 Å². The first kappa shape index (κ1) is 28.1. The van der Waals surface area contributed by atoms with Crippen molar-refractivity contribution < 1.29 is 4.74 Å². The fraction of sp³-hybridized carbons (Fsp3) is 0.889. The van der Waals surface area contributed by atoms with Crippen molar-refractivity contribution in [2.75, 3.05) is 50.9 Å². The van der Waals surface area contributed by atoms with Crippen molar-refractivity contribution in [1.29, 1.82) is 0 Å². The first-order valence-corrected chi connectivity index (χ1v) is 15.3. The normalized spacial score (nSPS) is 10.8. The van der Waals surface area contributed by atoms with Gasteiger partial charge in [0.05, 0.1) is 0 Å². The van der Waals surface area contributed by atoms with Gasteiger partial charge in [-0.15, -0.1) is 0 Å². The van der Waals surface area contributed by atoms with Crippen molar-refractivity contribution >= 4 is 76.3 Å². The molecule has 0 aromatic heterocycles. The second-order valence-corrected chi connectivity index (χ2v) is 11.8. The monoisotopic (exact) mass is 488 g/mol. The van der Waals surface area contributed by atoms with Crippen molar-refractivity contribution in [3.63, 3.8) is 0 Å². The van der Waals surface area contributed by atoms with Crippen LogP contribution < -0.4 is 0 Å². The van der Waals surface area contributed by atoms with E-state index >= 15 is 0 Å². The molecule has 0 amide bonds. The molecule has 160 valence electrons. The Kier molecular flexibility index (Phi) is 21.3. The van der Waals surface area contributed by atoms with Crippen LogP contribution in [0.5, 0.6) is 0 Å². The summed E-state index contributed by atoms with van der Waals surface area (Å²) in [6.07, 6.45) is 4.64. The van der Waals surface area contributed by atoms with Gasteiger partial charge < -0.3 is 14.5 Å². The van der Waals surface area contributed by atoms with Gasteiger partial charge in [-0.25, -0.2) is 0 Å². The zero-order valence-corrected chi connectivity index (χ0v) is 22.1. The predicted molar refractivity (Wildman–Crippen MR) is 140 cm³/mol. The molecule has 0 saturated carbocycles. The number of hydrogen-bond acceptors (Lipinski definition) is 7. The molecule has 0 bridgehead atoms. The van der Waals surface area contributed by atoms with Crippen LogP contribution in [0.3, 0.4) is 0 Å². The van der Waals surface area contributed by atoms with E-state index in [0.717, 1.165) is 72.4 Å². The molecule has 0 saturated heterocycles. The summed E-state index contributed by atoms with van der Waals surface area (Å²) in [5.74, 6) is 2.27. The third-order valence-electron chi connectivity index (χ3n) is 3.84. The van der Waals surface area contributed by atoms with Crippen LogP contribution in [0.4, 0.5) is 0 Å². The molecule has 27 heavy (non-hydrogen) atoms. The van der Waals surface area contributed by atoms with E-state index < -0.39 is 0 Å². The molecule has 0 aliphatic heterocycles. The van der Waals surface area contributed by atoms with E-state index in [9.17, 15) is 0 Å². The van der Waals surface area contributed by atoms with Crippen LogP contribution >= 0.6 is 67.6 Å². The Bertz CT molecular complexity index is 345. The number of hydrogen-bond donors (Lipinski definition) is 0. The largest absolute Gasteiger partial charge is 0.381 e. The number of unbranched alkanes of at least 4 members (excludes halogenated alkanes) is 2. The predicted octanol–water partition coefficient (Wildman–Crippen LogP) is 6.58. The third-order valence-corrected chi connectivity index (χ3v) is 10.1. The van der Waals surface area contributed by atoms with Gasteiger partial charge in [-0.05, 0) is 75.0 Å². The van der Waals surface area contributed by atoms with Crippen LogP contribution in [0.25, 0.3) is 0 Å². The lowest BCUT2D eigenvalue weighted by atomic mass is 10.3. The van der Waals surface area contributed by atoms with Crippen molar-refractivity contribution in [3.05, 3.63) is 0 Å². The fourth-order valence-electron chi connectivity index (χ4n) is 2.09. The Balaban J connectivity index is 3.34. The summed E-state index contributed by atoms with van der Waals surface area (Å²) < 4.78 is 7.75. The lowest BCUT2D eigenvalue weighted by Gasteiger charge is -2.20. The Labute approximate surface area is 194 Å². The molecule has 0 rings (SSSR count). The number of thiocarbonyl (C=S) groups is 2. The van der Waals surface area contributed by atoms with Crippen LogP contribution in [-0.4, -0.2) is 69.3 Å². The summed E-state index contributed by atoms with van der Waals surface area (Å²) in [6.45, 7) is 14.3. The van der Waals surface area contributed by atoms with Crippen molar-refractivity contribution in [3.8, 4) is 0 Å². The molecule has 0 aromatic rings. The zero-order chi connectivity index (χ0) is 20.3. The van der Waals surface area contributed by atoms with Crippen LogP contribution in [0.2, 0.25) is 0 Å². The second kappa shape index (κ2) is 20.4. The molecule has 0 fully saturated rings. The average molecular weight is 489 g/mol. The highest BCUT2D eigenvalue weighted by Crippen LogP contribution is 2.27. The minimum Gasteiger partial charge on any atom is -0.381 e. The summed E-state index contributed by atoms with van der Waals surface area (Å²) in [5.41, 5.74) is 0. The lowest BCUT2D eigenvalue weighted by Crippen LogP contribution is -2.26. The molecule has 9 heteroatoms. The van der Waals surface area contributed by atoms with Crippen LogP contribution in [0.1, 0.15) is 53.4 Å². The Morgan fingerprint density at radius 3 is 1.37 bits per heavy atom. The van der Waals surface area contributed by atoms with Gasteiger partial charge >= 0.3 is 0 Å². The summed E-state index contributed by atoms with van der Waals surface area (Å²) in [7, 11) is 7.20. The smallest absolute Gasteiger partial charge is 0.147 e. The maximum absolute atomic E-state index is 5.73. The van der Waals surface area contributed by atoms with E-state index in [4.69, 9.17) is 29.2 Å². The average Bonchev–Trinajstić information content (AvgIpc) is 2.67. The highest BCUT2D eigenvalue weighted by molar-refractivity contribution is 8.84. The Hall–Kier alpha value is 1.14. The minimum atomic E-state index is 0.875. The maximum atomic E-state index is 5.73. The number of ether oxygens (including phenoxy) is 1. The standard InChI is InChI=1S/C18H36N2OS6/c1-5-19(6-2)17(22)26-24-15-11-9-13-21-14-10-12-16-25-27-18(23)20(7-3)8-4/h5-16H2,1-4H3. The topological polar surface area (TPSA) is 15.7 Å². The van der Waals surface area contributed by atoms with Crippen LogP contribution in [0, 0.1) is 0 Å². The van der Waals surface area contributed by atoms with Gasteiger partial charge in [0.15, 0.2) is 0 Å². The van der Waals surface area contributed by atoms with E-state index in [1.54, 1.807) is 21.6 Å². The highest BCUT2D eigenvalue weighted by atomic mass is 33.1. The molecule has 0 heterocycles. The van der Waals surface area contributed by atoms with Crippen molar-refractivity contribution in [2.45, 2.75) is 53.4 Å². The summed E-state index contributed by atoms with van der Waals surface area (Å²) in [5, 5.41) is 0. The summed E-state index contributed by atoms with van der Waals surface area (Å²) in [4.78, 5) is 4.45. The van der Waals surface area contributed by atoms with Gasteiger partial charge in [0.2, 0.25) is 0 Å². The van der Waals surface area contributed by atoms with E-state index in [1.165, 1.54) is 12.8 Å². The molecular weight excluding hydrogens is 453 g/mol. The van der Waals surface area contributed by atoms with Gasteiger partial charge in [0.25, 0.3) is 0 Å². The maximum Gasteiger partial charge on any atom is 0.147 e. The minimum absolute atomic E-state index is 0.875. The van der Waals surface area contributed by atoms with Crippen LogP contribution in [0.15, 0.2) is 0 Å². The molecular formula is C18H36N2OS6. The second-order valence-electron chi connectivity index (χ2n) is 5.71. The molecule has 0 radical (unpaired) electrons. The Morgan fingerprint density at radius 1 is 0.667 bits per heavy atom. The highest BCUT2D eigenvalue weighted by Gasteiger charge is 2.06. The molecule has 0 N–H and O–H groups in total. The van der Waals surface area contributed by atoms with Gasteiger partial charge in [-0.1, -0.05) is 46.0 Å². The molecule has 0 atom stereocenters. The zero-order valence-electron chi connectivity index (χ0n) is 17.2.